The molecule has 3 saturated heterocycles. The van der Waals surface area contributed by atoms with Crippen LogP contribution in [0.5, 0.6) is 46.0 Å². The van der Waals surface area contributed by atoms with Crippen molar-refractivity contribution < 1.29 is 127 Å². The van der Waals surface area contributed by atoms with Crippen molar-refractivity contribution in [2.24, 2.45) is 17.4 Å². The first-order valence-corrected chi connectivity index (χ1v) is 38.1. The number of ether oxygens (including phenoxy) is 8. The van der Waals surface area contributed by atoms with Gasteiger partial charge in [0.1, 0.15) is 89.5 Å². The number of phenolic OH excluding ortho intramolecular Hbond substituents is 3. The number of carboxylic acid groups (broad SMARTS) is 1. The van der Waals surface area contributed by atoms with Gasteiger partial charge in [-0.1, -0.05) is 68.6 Å². The standard InChI is InChI=1S/C77H96Cl2N10O26/c1-9-10-17-83-77(7)28-53(109-32(5)67(77)99)114-65-62(97)61(96)50(29-90)112-75(65)115-64-48-22-36-23-49(64)111-47-16-13-35(21-41(47)79)63(113-52-27-76(6,81)66(98)31(4)108-52)59-73(105)87-57(74(106)107)39-24-37(91)25-45(93)54(39)38-19-33(11-14-44(38)92)55(70(102)89-59)86-71(103)56(36)85-69(101)43(26-51(80)94)84-72(104)58(88-68(100)42(82-8)18-30(2)3)60(95)34-12-15-46(110-48)40(78)20-34/h11-16,19-25,30-32,42-43,50,52-53,55-63,65-67,75,82-83,90-93,95-99H,9-10,17-18,26-29,81H2,1-8H3,(H2,80,94)(H,84,104)(H,85,101)(H,86,103)(H,87,105)(H,88,100)(H,89,102)(H,106,107)/t31-,32-,42+,43-,50+,52-,53-,55+,56+,57+,58+,59-,60+,61+,62-,63+,65+,66+,67+,75-,76-,77-/m0/s1. The molecule has 5 aromatic rings. The molecule has 0 aliphatic carbocycles. The van der Waals surface area contributed by atoms with Gasteiger partial charge >= 0.3 is 5.97 Å². The zero-order valence-electron chi connectivity index (χ0n) is 63.7. The maximum Gasteiger partial charge on any atom is 0.330 e. The Morgan fingerprint density at radius 2 is 1.30 bits per heavy atom. The van der Waals surface area contributed by atoms with Gasteiger partial charge in [-0.25, -0.2) is 4.79 Å². The van der Waals surface area contributed by atoms with E-state index in [4.69, 9.17) is 72.6 Å². The van der Waals surface area contributed by atoms with Crippen molar-refractivity contribution >= 4 is 70.5 Å². The van der Waals surface area contributed by atoms with Gasteiger partial charge in [-0.15, -0.1) is 0 Å². The second-order valence-electron chi connectivity index (χ2n) is 30.4. The summed E-state index contributed by atoms with van der Waals surface area (Å²) in [7, 11) is 1.48. The number of hydrogen-bond acceptors (Lipinski definition) is 28. The molecule has 8 heterocycles. The van der Waals surface area contributed by atoms with Crippen molar-refractivity contribution in [3.8, 4) is 57.1 Å². The van der Waals surface area contributed by atoms with Crippen molar-refractivity contribution in [3.05, 3.63) is 117 Å². The number of carboxylic acids is 1. The van der Waals surface area contributed by atoms with Crippen molar-refractivity contribution in [1.29, 1.82) is 0 Å². The minimum atomic E-state index is -2.38. The fourth-order valence-corrected chi connectivity index (χ4v) is 15.4. The van der Waals surface area contributed by atoms with Crippen molar-refractivity contribution in [2.45, 2.75) is 220 Å². The number of primary amides is 1. The highest BCUT2D eigenvalue weighted by Gasteiger charge is 2.53. The number of unbranched alkanes of at least 4 members (excludes halogenated alkanes) is 1. The van der Waals surface area contributed by atoms with E-state index in [-0.39, 0.29) is 58.4 Å². The summed E-state index contributed by atoms with van der Waals surface area (Å²) in [6.07, 6.45) is -20.8. The Hall–Kier alpha value is -9.32. The fraction of sp³-hybridized carbons (Fsp3) is 0.506. The molecule has 5 aromatic carbocycles. The van der Waals surface area contributed by atoms with Crippen LogP contribution in [0.15, 0.2) is 78.9 Å². The van der Waals surface area contributed by atoms with Crippen LogP contribution in [0.1, 0.15) is 145 Å². The Bertz CT molecular complexity index is 4510. The zero-order valence-corrected chi connectivity index (χ0v) is 65.2. The number of nitrogens with one attached hydrogen (secondary N) is 8. The molecule has 7 amide bonds. The molecule has 624 valence electrons. The highest BCUT2D eigenvalue weighted by molar-refractivity contribution is 6.32. The number of phenols is 3. The Kier molecular flexibility index (Phi) is 26.8. The molecular formula is C77H96Cl2N10O26. The smallest absolute Gasteiger partial charge is 0.330 e. The molecule has 8 aliphatic heterocycles. The molecule has 13 rings (SSSR count). The van der Waals surface area contributed by atoms with Gasteiger partial charge in [-0.05, 0) is 137 Å². The third-order valence-electron chi connectivity index (χ3n) is 21.2. The van der Waals surface area contributed by atoms with Crippen LogP contribution in [-0.2, 0) is 62.0 Å². The summed E-state index contributed by atoms with van der Waals surface area (Å²) in [6.45, 7) is 11.4. The summed E-state index contributed by atoms with van der Waals surface area (Å²) in [5, 5.41) is 136. The molecule has 115 heavy (non-hydrogen) atoms. The second-order valence-corrected chi connectivity index (χ2v) is 31.3. The van der Waals surface area contributed by atoms with Crippen LogP contribution >= 0.6 is 23.2 Å². The molecule has 0 radical (unpaired) electrons. The van der Waals surface area contributed by atoms with E-state index in [1.54, 1.807) is 13.8 Å². The average molecular weight is 1650 g/mol. The third-order valence-corrected chi connectivity index (χ3v) is 21.7. The minimum Gasteiger partial charge on any atom is -0.508 e. The summed E-state index contributed by atoms with van der Waals surface area (Å²) in [5.41, 5.74) is 7.15. The van der Waals surface area contributed by atoms with E-state index in [0.717, 1.165) is 55.0 Å². The molecule has 0 spiro atoms. The predicted octanol–water partition coefficient (Wildman–Crippen LogP) is 1.77. The second kappa shape index (κ2) is 35.6. The van der Waals surface area contributed by atoms with E-state index in [0.29, 0.717) is 13.0 Å². The van der Waals surface area contributed by atoms with Gasteiger partial charge in [0.2, 0.25) is 53.4 Å². The van der Waals surface area contributed by atoms with Gasteiger partial charge < -0.3 is 143 Å². The summed E-state index contributed by atoms with van der Waals surface area (Å²) in [6, 6.07) is -0.271. The normalized spacial score (nSPS) is 31.4. The van der Waals surface area contributed by atoms with E-state index >= 15 is 24.0 Å². The molecule has 22 atom stereocenters. The number of nitrogens with two attached hydrogens (primary N) is 2. The number of halogens is 2. The number of aromatic hydroxyl groups is 3. The summed E-state index contributed by atoms with van der Waals surface area (Å²) in [4.78, 5) is 120. The number of carbonyl (C=O) groups is 8. The lowest BCUT2D eigenvalue weighted by Crippen LogP contribution is -2.65. The van der Waals surface area contributed by atoms with Crippen LogP contribution < -0.4 is 68.2 Å². The van der Waals surface area contributed by atoms with E-state index in [9.17, 15) is 65.4 Å². The lowest BCUT2D eigenvalue weighted by molar-refractivity contribution is -0.334. The first-order chi connectivity index (χ1) is 54.3. The van der Waals surface area contributed by atoms with Crippen LogP contribution in [0.4, 0.5) is 0 Å². The van der Waals surface area contributed by atoms with Crippen molar-refractivity contribution in [3.63, 3.8) is 0 Å². The van der Waals surface area contributed by atoms with E-state index < -0.39 is 255 Å². The van der Waals surface area contributed by atoms with Crippen LogP contribution in [-0.4, -0.2) is 222 Å². The first-order valence-electron chi connectivity index (χ1n) is 37.3. The average Bonchev–Trinajstić information content (AvgIpc) is 0.765. The van der Waals surface area contributed by atoms with Crippen LogP contribution in [0.3, 0.4) is 0 Å². The quantitative estimate of drug-likeness (QED) is 0.0524. The largest absolute Gasteiger partial charge is 0.508 e. The van der Waals surface area contributed by atoms with E-state index in [1.807, 2.05) is 20.8 Å². The molecular weight excluding hydrogens is 1550 g/mol. The number of carbonyl (C=O) groups excluding carboxylic acids is 7. The first kappa shape index (κ1) is 86.5. The van der Waals surface area contributed by atoms with Crippen molar-refractivity contribution in [2.75, 3.05) is 20.2 Å². The van der Waals surface area contributed by atoms with Gasteiger partial charge in [-0.2, -0.15) is 0 Å². The zero-order chi connectivity index (χ0) is 83.7. The summed E-state index contributed by atoms with van der Waals surface area (Å²) >= 11 is 14.6. The lowest BCUT2D eigenvalue weighted by atomic mass is 9.85. The number of hydrogen-bond donors (Lipinski definition) is 20. The lowest BCUT2D eigenvalue weighted by Gasteiger charge is -2.48. The molecule has 0 aromatic heterocycles. The number of aliphatic carboxylic acids is 1. The molecule has 0 saturated carbocycles. The molecule has 0 unspecified atom stereocenters. The van der Waals surface area contributed by atoms with E-state index in [2.05, 4.69) is 42.5 Å². The van der Waals surface area contributed by atoms with Crippen molar-refractivity contribution in [1.82, 2.24) is 42.5 Å². The Morgan fingerprint density at radius 3 is 1.90 bits per heavy atom. The molecule has 8 aliphatic rings. The molecule has 3 fully saturated rings. The molecule has 38 heteroatoms. The third kappa shape index (κ3) is 18.9. The van der Waals surface area contributed by atoms with Gasteiger partial charge in [0, 0.05) is 46.7 Å². The highest BCUT2D eigenvalue weighted by Crippen LogP contribution is 2.50. The monoisotopic (exact) mass is 1650 g/mol. The number of aliphatic hydroxyl groups excluding tert-OH is 6. The minimum absolute atomic E-state index is 0.102. The number of fused-ring (bicyclic) bond motifs is 15. The number of likely N-dealkylation sites (N-methyl/N-ethyl adjacent to an activating group) is 1. The summed E-state index contributed by atoms with van der Waals surface area (Å²) < 4.78 is 52.4. The number of amides is 7. The predicted molar refractivity (Wildman–Crippen MR) is 404 cm³/mol. The number of aliphatic hydroxyl groups is 6. The SMILES string of the molecule is CCCCN[C@@]1(C)C[C@H](O[C@H]2[C@H](Oc3c4cc5cc3Oc3ccc(cc3Cl)[C@@H](O[C@H]3C[C@](C)(N)[C@H](O)[C@H](C)O3)[C@@H]3NC(=O)[C@H](NC(=O)[C@@H]5NC(=O)[C@H](CC(N)=O)NC(=O)[C@H](NC(=O)[C@@H](CC(C)C)NC)[C@H](O)c5ccc(c(Cl)c5)O4)c4ccc(O)c(c4)-c4c(O)cc(O)cc4[C@H](C(=O)O)NC3=O)O[C@H](CO)[C@@H](O)[C@@H]2O)O[C@@H](C)[C@H]1O. The number of benzene rings is 5. The van der Waals surface area contributed by atoms with Gasteiger partial charge in [0.15, 0.2) is 36.2 Å². The topological polar surface area (TPSA) is 561 Å². The Balaban J connectivity index is 1.19. The fourth-order valence-electron chi connectivity index (χ4n) is 15.0. The van der Waals surface area contributed by atoms with Crippen LogP contribution in [0.25, 0.3) is 11.1 Å². The van der Waals surface area contributed by atoms with Crippen LogP contribution in [0, 0.1) is 5.92 Å². The number of rotatable bonds is 19. The van der Waals surface area contributed by atoms with E-state index in [1.165, 1.54) is 51.2 Å². The molecule has 36 nitrogen and oxygen atoms in total. The summed E-state index contributed by atoms with van der Waals surface area (Å²) in [5.74, 6) is -16.0. The van der Waals surface area contributed by atoms with Gasteiger partial charge in [-0.3, -0.25) is 33.6 Å². The Morgan fingerprint density at radius 1 is 0.687 bits per heavy atom. The highest BCUT2D eigenvalue weighted by atomic mass is 35.5. The van der Waals surface area contributed by atoms with Gasteiger partial charge in [0.25, 0.3) is 0 Å². The van der Waals surface area contributed by atoms with Gasteiger partial charge in [0.05, 0.1) is 53.5 Å². The maximum atomic E-state index is 16.5. The Labute approximate surface area is 669 Å². The van der Waals surface area contributed by atoms with Crippen LogP contribution in [0.2, 0.25) is 10.0 Å². The molecule has 22 N–H and O–H groups in total. The maximum absolute atomic E-state index is 16.5. The molecule has 11 bridgehead atoms.